The van der Waals surface area contributed by atoms with Crippen molar-refractivity contribution in [3.63, 3.8) is 0 Å². The van der Waals surface area contributed by atoms with Crippen molar-refractivity contribution in [3.8, 4) is 6.07 Å². The number of hydrogen-bond donors (Lipinski definition) is 2. The van der Waals surface area contributed by atoms with Gasteiger partial charge in [0.05, 0.1) is 18.9 Å². The van der Waals surface area contributed by atoms with Gasteiger partial charge in [-0.2, -0.15) is 5.26 Å². The molecule has 0 radical (unpaired) electrons. The van der Waals surface area contributed by atoms with E-state index >= 15 is 0 Å². The van der Waals surface area contributed by atoms with Gasteiger partial charge in [-0.25, -0.2) is 0 Å². The molecular weight excluding hydrogens is 408 g/mol. The molecule has 8 nitrogen and oxygen atoms in total. The number of carbonyl (C=O) groups is 2. The summed E-state index contributed by atoms with van der Waals surface area (Å²) in [6.45, 7) is 1.49. The molecule has 3 heterocycles. The highest BCUT2D eigenvalue weighted by atomic mass is 16.5. The van der Waals surface area contributed by atoms with Crippen molar-refractivity contribution in [2.45, 2.75) is 32.0 Å². The Kier molecular flexibility index (Phi) is 6.68. The van der Waals surface area contributed by atoms with Crippen LogP contribution in [0.15, 0.2) is 58.8 Å². The van der Waals surface area contributed by atoms with Crippen molar-refractivity contribution in [3.05, 3.63) is 65.8 Å². The molecule has 4 rings (SSSR count). The van der Waals surface area contributed by atoms with Gasteiger partial charge in [0.2, 0.25) is 5.91 Å². The van der Waals surface area contributed by atoms with Crippen molar-refractivity contribution in [1.82, 2.24) is 15.2 Å². The molecule has 2 aromatic heterocycles. The SMILES string of the molecule is N#C/C(=C\c1cn(CC(=O)NCc2ccco2)c2ccccc12)C(=O)NC[C@H]1CCCO1. The number of benzene rings is 1. The van der Waals surface area contributed by atoms with E-state index in [1.54, 1.807) is 35.2 Å². The molecule has 0 bridgehead atoms. The third kappa shape index (κ3) is 5.07. The Morgan fingerprint density at radius 3 is 2.84 bits per heavy atom. The number of carbonyl (C=O) groups excluding carboxylic acids is 2. The summed E-state index contributed by atoms with van der Waals surface area (Å²) in [6.07, 6.45) is 6.79. The van der Waals surface area contributed by atoms with E-state index in [4.69, 9.17) is 9.15 Å². The fraction of sp³-hybridized carbons (Fsp3) is 0.292. The largest absolute Gasteiger partial charge is 0.467 e. The van der Waals surface area contributed by atoms with E-state index in [1.807, 2.05) is 30.3 Å². The van der Waals surface area contributed by atoms with Gasteiger partial charge in [-0.3, -0.25) is 9.59 Å². The Morgan fingerprint density at radius 1 is 1.22 bits per heavy atom. The minimum atomic E-state index is -0.434. The minimum absolute atomic E-state index is 0.000459. The first-order chi connectivity index (χ1) is 15.6. The van der Waals surface area contributed by atoms with Crippen molar-refractivity contribution < 1.29 is 18.7 Å². The average molecular weight is 432 g/mol. The van der Waals surface area contributed by atoms with E-state index in [0.29, 0.717) is 31.0 Å². The monoisotopic (exact) mass is 432 g/mol. The second-order valence-electron chi connectivity index (χ2n) is 7.60. The van der Waals surface area contributed by atoms with Gasteiger partial charge in [0.1, 0.15) is 23.9 Å². The smallest absolute Gasteiger partial charge is 0.262 e. The Bertz CT molecular complexity index is 1160. The number of ether oxygens (including phenoxy) is 1. The summed E-state index contributed by atoms with van der Waals surface area (Å²) in [7, 11) is 0. The number of rotatable bonds is 8. The summed E-state index contributed by atoms with van der Waals surface area (Å²) in [4.78, 5) is 25.0. The second-order valence-corrected chi connectivity index (χ2v) is 7.60. The molecule has 0 saturated carbocycles. The Hall–Kier alpha value is -3.83. The maximum Gasteiger partial charge on any atom is 0.262 e. The maximum atomic E-state index is 12.5. The first kappa shape index (κ1) is 21.4. The van der Waals surface area contributed by atoms with Gasteiger partial charge in [-0.15, -0.1) is 0 Å². The molecule has 164 valence electrons. The van der Waals surface area contributed by atoms with E-state index in [0.717, 1.165) is 23.7 Å². The third-order valence-corrected chi connectivity index (χ3v) is 5.35. The fourth-order valence-corrected chi connectivity index (χ4v) is 3.74. The molecule has 32 heavy (non-hydrogen) atoms. The lowest BCUT2D eigenvalue weighted by Crippen LogP contribution is -2.32. The second kappa shape index (κ2) is 9.98. The number of hydrogen-bond acceptors (Lipinski definition) is 5. The summed E-state index contributed by atoms with van der Waals surface area (Å²) < 4.78 is 12.5. The molecule has 8 heteroatoms. The van der Waals surface area contributed by atoms with Gasteiger partial charge in [0.15, 0.2) is 0 Å². The number of para-hydroxylation sites is 1. The summed E-state index contributed by atoms with van der Waals surface area (Å²) >= 11 is 0. The number of amides is 2. The maximum absolute atomic E-state index is 12.5. The number of fused-ring (bicyclic) bond motifs is 1. The highest BCUT2D eigenvalue weighted by molar-refractivity contribution is 6.04. The lowest BCUT2D eigenvalue weighted by molar-refractivity contribution is -0.122. The van der Waals surface area contributed by atoms with Gasteiger partial charge in [-0.05, 0) is 37.1 Å². The lowest BCUT2D eigenvalue weighted by Gasteiger charge is -2.10. The minimum Gasteiger partial charge on any atom is -0.467 e. The van der Waals surface area contributed by atoms with Crippen molar-refractivity contribution in [2.75, 3.05) is 13.2 Å². The molecule has 3 aromatic rings. The Balaban J connectivity index is 1.49. The Morgan fingerprint density at radius 2 is 2.09 bits per heavy atom. The molecule has 2 amide bonds. The predicted molar refractivity (Wildman–Crippen MR) is 118 cm³/mol. The Labute approximate surface area is 185 Å². The number of aromatic nitrogens is 1. The molecule has 1 saturated heterocycles. The molecule has 0 unspecified atom stereocenters. The molecule has 1 atom stereocenters. The summed E-state index contributed by atoms with van der Waals surface area (Å²) in [5.74, 6) is 0.0653. The van der Waals surface area contributed by atoms with Crippen LogP contribution in [0.1, 0.15) is 24.2 Å². The van der Waals surface area contributed by atoms with Crippen LogP contribution in [0, 0.1) is 11.3 Å². The molecule has 0 aliphatic carbocycles. The molecule has 1 aromatic carbocycles. The number of nitriles is 1. The summed E-state index contributed by atoms with van der Waals surface area (Å²) in [6, 6.07) is 13.1. The van der Waals surface area contributed by atoms with E-state index < -0.39 is 5.91 Å². The topological polar surface area (TPSA) is 109 Å². The van der Waals surface area contributed by atoms with Gasteiger partial charge in [0.25, 0.3) is 5.91 Å². The molecular formula is C24H24N4O4. The van der Waals surface area contributed by atoms with Crippen molar-refractivity contribution in [2.24, 2.45) is 0 Å². The van der Waals surface area contributed by atoms with Crippen LogP contribution >= 0.6 is 0 Å². The molecule has 2 N–H and O–H groups in total. The number of nitrogens with zero attached hydrogens (tertiary/aromatic N) is 2. The van der Waals surface area contributed by atoms with Crippen LogP contribution in [0.3, 0.4) is 0 Å². The van der Waals surface area contributed by atoms with Gasteiger partial charge >= 0.3 is 0 Å². The zero-order chi connectivity index (χ0) is 22.3. The number of nitrogens with one attached hydrogen (secondary N) is 2. The standard InChI is InChI=1S/C24H24N4O4/c25-12-17(24(30)27-14-20-6-4-10-32-20)11-18-15-28(22-8-2-1-7-21(18)22)16-23(29)26-13-19-5-3-9-31-19/h1-3,5,7-9,11,15,20H,4,6,10,13-14,16H2,(H,26,29)(H,27,30)/b17-11+/t20-/m1/s1. The highest BCUT2D eigenvalue weighted by Gasteiger charge is 2.18. The average Bonchev–Trinajstić information content (AvgIpc) is 3.57. The van der Waals surface area contributed by atoms with Crippen LogP contribution in [0.5, 0.6) is 0 Å². The van der Waals surface area contributed by atoms with Gasteiger partial charge in [-0.1, -0.05) is 18.2 Å². The molecule has 1 aliphatic heterocycles. The van der Waals surface area contributed by atoms with E-state index in [9.17, 15) is 14.9 Å². The van der Waals surface area contributed by atoms with Gasteiger partial charge in [0, 0.05) is 35.8 Å². The van der Waals surface area contributed by atoms with E-state index in [-0.39, 0.29) is 24.1 Å². The lowest BCUT2D eigenvalue weighted by atomic mass is 10.1. The van der Waals surface area contributed by atoms with Crippen LogP contribution in [-0.2, 0) is 27.4 Å². The van der Waals surface area contributed by atoms with Crippen molar-refractivity contribution in [1.29, 1.82) is 5.26 Å². The molecule has 1 fully saturated rings. The number of furan rings is 1. The molecule has 1 aliphatic rings. The third-order valence-electron chi connectivity index (χ3n) is 5.35. The normalized spacial score (nSPS) is 16.1. The van der Waals surface area contributed by atoms with Crippen molar-refractivity contribution >= 4 is 28.8 Å². The first-order valence-corrected chi connectivity index (χ1v) is 10.5. The zero-order valence-corrected chi connectivity index (χ0v) is 17.5. The summed E-state index contributed by atoms with van der Waals surface area (Å²) in [5, 5.41) is 16.0. The highest BCUT2D eigenvalue weighted by Crippen LogP contribution is 2.24. The van der Waals surface area contributed by atoms with Crippen LogP contribution in [-0.4, -0.2) is 35.6 Å². The van der Waals surface area contributed by atoms with Crippen LogP contribution in [0.4, 0.5) is 0 Å². The summed E-state index contributed by atoms with van der Waals surface area (Å²) in [5.41, 5.74) is 1.54. The van der Waals surface area contributed by atoms with E-state index in [2.05, 4.69) is 10.6 Å². The van der Waals surface area contributed by atoms with Crippen LogP contribution in [0.25, 0.3) is 17.0 Å². The van der Waals surface area contributed by atoms with Crippen LogP contribution < -0.4 is 10.6 Å². The predicted octanol–water partition coefficient (Wildman–Crippen LogP) is 2.75. The first-order valence-electron chi connectivity index (χ1n) is 10.5. The molecule has 0 spiro atoms. The zero-order valence-electron chi connectivity index (χ0n) is 17.5. The van der Waals surface area contributed by atoms with Crippen LogP contribution in [0.2, 0.25) is 0 Å². The quantitative estimate of drug-likeness (QED) is 0.420. The fourth-order valence-electron chi connectivity index (χ4n) is 3.74. The van der Waals surface area contributed by atoms with Gasteiger partial charge < -0.3 is 24.4 Å². The van der Waals surface area contributed by atoms with E-state index in [1.165, 1.54) is 0 Å².